The third-order valence-electron chi connectivity index (χ3n) is 4.09. The molecule has 0 atom stereocenters. The molecular formula is C24H21BrS. The zero-order valence-corrected chi connectivity index (χ0v) is 17.1. The summed E-state index contributed by atoms with van der Waals surface area (Å²) in [5.41, 5.74) is 2.69. The lowest BCUT2D eigenvalue weighted by molar-refractivity contribution is 1.28. The third-order valence-corrected chi connectivity index (χ3v) is 6.09. The Hall–Kier alpha value is -2.03. The van der Waals surface area contributed by atoms with Gasteiger partial charge in [-0.3, -0.25) is 0 Å². The largest absolute Gasteiger partial charge is 0.121 e. The predicted octanol–water partition coefficient (Wildman–Crippen LogP) is 7.89. The Morgan fingerprint density at radius 3 is 1.73 bits per heavy atom. The third kappa shape index (κ3) is 5.23. The van der Waals surface area contributed by atoms with E-state index < -0.39 is 0 Å². The lowest BCUT2D eigenvalue weighted by Gasteiger charge is -2.06. The average Bonchev–Trinajstić information content (AvgIpc) is 2.69. The highest BCUT2D eigenvalue weighted by Gasteiger charge is 2.01. The van der Waals surface area contributed by atoms with Gasteiger partial charge >= 0.3 is 0 Å². The molecule has 0 bridgehead atoms. The fourth-order valence-electron chi connectivity index (χ4n) is 2.62. The van der Waals surface area contributed by atoms with Crippen LogP contribution in [0.5, 0.6) is 0 Å². The number of aryl methyl sites for hydroxylation is 1. The lowest BCUT2D eigenvalue weighted by Crippen LogP contribution is -1.84. The van der Waals surface area contributed by atoms with Crippen molar-refractivity contribution in [3.8, 4) is 0 Å². The first kappa shape index (κ1) is 18.8. The van der Waals surface area contributed by atoms with Crippen LogP contribution in [0.25, 0.3) is 10.8 Å². The molecule has 2 heteroatoms. The topological polar surface area (TPSA) is 0 Å². The molecular weight excluding hydrogens is 400 g/mol. The van der Waals surface area contributed by atoms with Crippen molar-refractivity contribution in [2.45, 2.75) is 17.6 Å². The second kappa shape index (κ2) is 9.61. The van der Waals surface area contributed by atoms with Gasteiger partial charge in [-0.15, -0.1) is 11.8 Å². The van der Waals surface area contributed by atoms with E-state index >= 15 is 0 Å². The van der Waals surface area contributed by atoms with Gasteiger partial charge in [-0.1, -0.05) is 101 Å². The molecule has 0 N–H and O–H groups in total. The van der Waals surface area contributed by atoms with E-state index in [4.69, 9.17) is 0 Å². The van der Waals surface area contributed by atoms with E-state index in [0.29, 0.717) is 0 Å². The van der Waals surface area contributed by atoms with Crippen LogP contribution in [-0.2, 0) is 5.75 Å². The van der Waals surface area contributed by atoms with Crippen molar-refractivity contribution in [3.05, 3.63) is 113 Å². The van der Waals surface area contributed by atoms with E-state index in [1.54, 1.807) is 0 Å². The Balaban J connectivity index is 0.000000167. The van der Waals surface area contributed by atoms with Crippen LogP contribution in [0.3, 0.4) is 0 Å². The average molecular weight is 421 g/mol. The quantitative estimate of drug-likeness (QED) is 0.303. The highest BCUT2D eigenvalue weighted by molar-refractivity contribution is 9.10. The monoisotopic (exact) mass is 420 g/mol. The molecule has 26 heavy (non-hydrogen) atoms. The van der Waals surface area contributed by atoms with Gasteiger partial charge in [0, 0.05) is 15.1 Å². The lowest BCUT2D eigenvalue weighted by atomic mass is 10.1. The fraction of sp³-hybridized carbons (Fsp3) is 0.0833. The highest BCUT2D eigenvalue weighted by atomic mass is 79.9. The van der Waals surface area contributed by atoms with Crippen molar-refractivity contribution in [2.24, 2.45) is 0 Å². The molecule has 0 fully saturated rings. The van der Waals surface area contributed by atoms with E-state index in [2.05, 4.69) is 114 Å². The van der Waals surface area contributed by atoms with E-state index in [9.17, 15) is 0 Å². The van der Waals surface area contributed by atoms with Crippen LogP contribution in [0.4, 0.5) is 0 Å². The van der Waals surface area contributed by atoms with Crippen LogP contribution in [0.1, 0.15) is 11.1 Å². The van der Waals surface area contributed by atoms with Crippen molar-refractivity contribution in [1.29, 1.82) is 0 Å². The van der Waals surface area contributed by atoms with Crippen molar-refractivity contribution >= 4 is 38.5 Å². The van der Waals surface area contributed by atoms with Crippen molar-refractivity contribution < 1.29 is 0 Å². The van der Waals surface area contributed by atoms with Crippen LogP contribution in [0.2, 0.25) is 0 Å². The Bertz CT molecular complexity index is 867. The Morgan fingerprint density at radius 1 is 0.654 bits per heavy atom. The molecule has 0 spiro atoms. The Kier molecular flexibility index (Phi) is 6.93. The Morgan fingerprint density at radius 2 is 1.15 bits per heavy atom. The Labute approximate surface area is 168 Å². The normalized spacial score (nSPS) is 10.2. The van der Waals surface area contributed by atoms with Gasteiger partial charge in [0.1, 0.15) is 0 Å². The minimum Gasteiger partial charge on any atom is -0.121 e. The molecule has 0 saturated carbocycles. The predicted molar refractivity (Wildman–Crippen MR) is 119 cm³/mol. The maximum atomic E-state index is 3.58. The molecule has 0 nitrogen and oxygen atoms in total. The van der Waals surface area contributed by atoms with Gasteiger partial charge in [-0.05, 0) is 41.0 Å². The van der Waals surface area contributed by atoms with Crippen molar-refractivity contribution in [1.82, 2.24) is 0 Å². The van der Waals surface area contributed by atoms with E-state index in [1.807, 2.05) is 17.8 Å². The van der Waals surface area contributed by atoms with Crippen LogP contribution in [-0.4, -0.2) is 0 Å². The van der Waals surface area contributed by atoms with Crippen LogP contribution in [0.15, 0.2) is 106 Å². The molecule has 4 aromatic carbocycles. The summed E-state index contributed by atoms with van der Waals surface area (Å²) >= 11 is 5.46. The molecule has 0 heterocycles. The molecule has 0 aliphatic carbocycles. The summed E-state index contributed by atoms with van der Waals surface area (Å²) in [5, 5.41) is 2.62. The maximum Gasteiger partial charge on any atom is 0.0243 e. The number of benzene rings is 4. The molecule has 0 aliphatic heterocycles. The van der Waals surface area contributed by atoms with Crippen LogP contribution in [0, 0.1) is 6.92 Å². The molecule has 4 rings (SSSR count). The van der Waals surface area contributed by atoms with Crippen molar-refractivity contribution in [2.75, 3.05) is 0 Å². The first-order chi connectivity index (χ1) is 12.7. The van der Waals surface area contributed by atoms with Gasteiger partial charge in [-0.25, -0.2) is 0 Å². The highest BCUT2D eigenvalue weighted by Crippen LogP contribution is 2.28. The summed E-state index contributed by atoms with van der Waals surface area (Å²) in [6, 6.07) is 33.6. The standard InChI is InChI=1S/C14H13BrS.C10H8/c1-11-6-2-5-9-14(11)16-10-12-7-3-4-8-13(12)15;1-2-6-10-8-4-3-7-9(10)5-1/h2-9H,10H2,1H3;1-8H. The summed E-state index contributed by atoms with van der Waals surface area (Å²) in [7, 11) is 0. The van der Waals surface area contributed by atoms with Gasteiger partial charge in [0.2, 0.25) is 0 Å². The number of rotatable bonds is 3. The molecule has 0 aliphatic rings. The SMILES string of the molecule is Cc1ccccc1SCc1ccccc1Br.c1ccc2ccccc2c1. The van der Waals surface area contributed by atoms with E-state index in [0.717, 1.165) is 5.75 Å². The number of hydrogen-bond acceptors (Lipinski definition) is 1. The number of halogens is 1. The summed E-state index contributed by atoms with van der Waals surface area (Å²) < 4.78 is 1.19. The first-order valence-corrected chi connectivity index (χ1v) is 10.4. The number of fused-ring (bicyclic) bond motifs is 1. The van der Waals surface area contributed by atoms with Gasteiger partial charge in [0.25, 0.3) is 0 Å². The molecule has 0 radical (unpaired) electrons. The molecule has 130 valence electrons. The van der Waals surface area contributed by atoms with Gasteiger partial charge in [0.15, 0.2) is 0 Å². The van der Waals surface area contributed by atoms with Crippen LogP contribution >= 0.6 is 27.7 Å². The second-order valence-corrected chi connectivity index (χ2v) is 7.86. The smallest absolute Gasteiger partial charge is 0.0243 e. The van der Waals surface area contributed by atoms with Gasteiger partial charge in [0.05, 0.1) is 0 Å². The number of hydrogen-bond donors (Lipinski definition) is 0. The second-order valence-electron chi connectivity index (χ2n) is 5.99. The molecule has 0 unspecified atom stereocenters. The first-order valence-electron chi connectivity index (χ1n) is 8.59. The molecule has 0 aromatic heterocycles. The van der Waals surface area contributed by atoms with Crippen molar-refractivity contribution in [3.63, 3.8) is 0 Å². The molecule has 4 aromatic rings. The number of thioether (sulfide) groups is 1. The zero-order valence-electron chi connectivity index (χ0n) is 14.7. The van der Waals surface area contributed by atoms with Crippen LogP contribution < -0.4 is 0 Å². The minimum absolute atomic E-state index is 1.01. The van der Waals surface area contributed by atoms with Gasteiger partial charge in [-0.2, -0.15) is 0 Å². The molecule has 0 amide bonds. The summed E-state index contributed by atoms with van der Waals surface area (Å²) in [6.07, 6.45) is 0. The van der Waals surface area contributed by atoms with E-state index in [1.165, 1.54) is 31.3 Å². The fourth-order valence-corrected chi connectivity index (χ4v) is 4.27. The summed E-state index contributed by atoms with van der Waals surface area (Å²) in [6.45, 7) is 2.16. The van der Waals surface area contributed by atoms with Gasteiger partial charge < -0.3 is 0 Å². The minimum atomic E-state index is 1.01. The molecule has 0 saturated heterocycles. The van der Waals surface area contributed by atoms with E-state index in [-0.39, 0.29) is 0 Å². The summed E-state index contributed by atoms with van der Waals surface area (Å²) in [5.74, 6) is 1.01. The summed E-state index contributed by atoms with van der Waals surface area (Å²) in [4.78, 5) is 1.36. The maximum absolute atomic E-state index is 3.58. The zero-order chi connectivity index (χ0) is 18.2.